The predicted molar refractivity (Wildman–Crippen MR) is 34.6 cm³/mol. The van der Waals surface area contributed by atoms with Crippen molar-refractivity contribution in [2.45, 2.75) is 26.3 Å². The van der Waals surface area contributed by atoms with E-state index in [1.807, 2.05) is 13.8 Å². The fourth-order valence-electron chi connectivity index (χ4n) is 0.962. The summed E-state index contributed by atoms with van der Waals surface area (Å²) in [6.45, 7) is 4.80. The summed E-state index contributed by atoms with van der Waals surface area (Å²) < 4.78 is 0. The molecule has 1 rings (SSSR count). The molecule has 1 N–H and O–H groups in total. The summed E-state index contributed by atoms with van der Waals surface area (Å²) in [5.41, 5.74) is 2.99. The van der Waals surface area contributed by atoms with E-state index in [2.05, 4.69) is 5.43 Å². The van der Waals surface area contributed by atoms with Gasteiger partial charge in [0.1, 0.15) is 0 Å². The van der Waals surface area contributed by atoms with Gasteiger partial charge < -0.3 is 0 Å². The van der Waals surface area contributed by atoms with Gasteiger partial charge in [-0.25, -0.2) is 5.43 Å². The zero-order valence-corrected chi connectivity index (χ0v) is 5.85. The van der Waals surface area contributed by atoms with E-state index in [4.69, 9.17) is 0 Å². The van der Waals surface area contributed by atoms with Gasteiger partial charge in [-0.05, 0) is 13.8 Å². The molecule has 0 atom stereocenters. The van der Waals surface area contributed by atoms with Crippen LogP contribution >= 0.6 is 0 Å². The number of hydrogen-bond donors (Lipinski definition) is 1. The van der Waals surface area contributed by atoms with E-state index in [1.54, 1.807) is 5.01 Å². The first kappa shape index (κ1) is 6.55. The van der Waals surface area contributed by atoms with E-state index in [9.17, 15) is 4.79 Å². The Morgan fingerprint density at radius 3 is 2.56 bits per heavy atom. The molecule has 1 saturated heterocycles. The molecule has 1 amide bonds. The Morgan fingerprint density at radius 2 is 2.33 bits per heavy atom. The Labute approximate surface area is 55.0 Å². The molecule has 0 aliphatic carbocycles. The summed E-state index contributed by atoms with van der Waals surface area (Å²) in [5.74, 6) is 0.213. The number of nitrogens with zero attached hydrogens (tertiary/aromatic N) is 1. The summed E-state index contributed by atoms with van der Waals surface area (Å²) in [7, 11) is 0. The Morgan fingerprint density at radius 1 is 1.67 bits per heavy atom. The highest BCUT2D eigenvalue weighted by atomic mass is 16.2. The average Bonchev–Trinajstić information content (AvgIpc) is 2.13. The molecule has 1 fully saturated rings. The van der Waals surface area contributed by atoms with Gasteiger partial charge in [0.15, 0.2) is 0 Å². The molecular weight excluding hydrogens is 116 g/mol. The van der Waals surface area contributed by atoms with E-state index >= 15 is 0 Å². The van der Waals surface area contributed by atoms with Crippen LogP contribution in [0.15, 0.2) is 0 Å². The van der Waals surface area contributed by atoms with Crippen molar-refractivity contribution >= 4 is 5.91 Å². The van der Waals surface area contributed by atoms with Gasteiger partial charge in [0.25, 0.3) is 0 Å². The van der Waals surface area contributed by atoms with E-state index in [0.29, 0.717) is 12.5 Å². The Bertz CT molecular complexity index is 122. The van der Waals surface area contributed by atoms with Crippen LogP contribution in [-0.2, 0) is 4.79 Å². The molecule has 0 radical (unpaired) electrons. The van der Waals surface area contributed by atoms with Crippen molar-refractivity contribution < 1.29 is 4.79 Å². The minimum absolute atomic E-state index is 0.213. The highest BCUT2D eigenvalue weighted by molar-refractivity contribution is 5.77. The second-order valence-corrected chi connectivity index (χ2v) is 2.52. The van der Waals surface area contributed by atoms with Crippen LogP contribution in [-0.4, -0.2) is 23.5 Å². The van der Waals surface area contributed by atoms with E-state index in [1.165, 1.54) is 0 Å². The zero-order valence-electron chi connectivity index (χ0n) is 5.85. The van der Waals surface area contributed by atoms with Gasteiger partial charge >= 0.3 is 0 Å². The largest absolute Gasteiger partial charge is 0.275 e. The second kappa shape index (κ2) is 2.35. The number of carbonyl (C=O) groups is 1. The fraction of sp³-hybridized carbons (Fsp3) is 0.833. The Kier molecular flexibility index (Phi) is 1.71. The lowest BCUT2D eigenvalue weighted by Gasteiger charge is -2.19. The molecule has 52 valence electrons. The summed E-state index contributed by atoms with van der Waals surface area (Å²) in [6.07, 6.45) is 0.651. The maximum absolute atomic E-state index is 10.9. The fourth-order valence-corrected chi connectivity index (χ4v) is 0.962. The molecule has 1 heterocycles. The number of amides is 1. The quantitative estimate of drug-likeness (QED) is 0.544. The van der Waals surface area contributed by atoms with Crippen molar-refractivity contribution in [1.29, 1.82) is 0 Å². The number of hydrazine groups is 1. The Hall–Kier alpha value is -0.570. The summed E-state index contributed by atoms with van der Waals surface area (Å²) >= 11 is 0. The van der Waals surface area contributed by atoms with Gasteiger partial charge in [-0.2, -0.15) is 0 Å². The van der Waals surface area contributed by atoms with E-state index in [-0.39, 0.29) is 5.91 Å². The minimum Gasteiger partial charge on any atom is -0.275 e. The van der Waals surface area contributed by atoms with Gasteiger partial charge in [-0.3, -0.25) is 9.80 Å². The van der Waals surface area contributed by atoms with Crippen molar-refractivity contribution in [3.05, 3.63) is 0 Å². The summed E-state index contributed by atoms with van der Waals surface area (Å²) in [4.78, 5) is 10.9. The van der Waals surface area contributed by atoms with Gasteiger partial charge in [0.2, 0.25) is 5.91 Å². The number of hydrogen-bond acceptors (Lipinski definition) is 2. The van der Waals surface area contributed by atoms with Crippen LogP contribution in [0.4, 0.5) is 0 Å². The molecule has 0 bridgehead atoms. The SMILES string of the molecule is CC(C)N1NCCC1=O. The summed E-state index contributed by atoms with van der Waals surface area (Å²) in [5, 5.41) is 1.68. The number of rotatable bonds is 1. The van der Waals surface area contributed by atoms with Crippen molar-refractivity contribution in [2.75, 3.05) is 6.54 Å². The maximum Gasteiger partial charge on any atom is 0.238 e. The van der Waals surface area contributed by atoms with Gasteiger partial charge in [-0.15, -0.1) is 0 Å². The van der Waals surface area contributed by atoms with E-state index < -0.39 is 0 Å². The van der Waals surface area contributed by atoms with Crippen LogP contribution in [0.2, 0.25) is 0 Å². The molecule has 0 aromatic carbocycles. The highest BCUT2D eigenvalue weighted by Gasteiger charge is 2.21. The van der Waals surface area contributed by atoms with Crippen LogP contribution in [0, 0.1) is 0 Å². The second-order valence-electron chi connectivity index (χ2n) is 2.52. The first-order valence-corrected chi connectivity index (χ1v) is 3.27. The molecule has 3 nitrogen and oxygen atoms in total. The van der Waals surface area contributed by atoms with Gasteiger partial charge in [-0.1, -0.05) is 0 Å². The molecule has 3 heteroatoms. The molecule has 0 aromatic rings. The Balaban J connectivity index is 2.49. The molecule has 9 heavy (non-hydrogen) atoms. The molecule has 0 unspecified atom stereocenters. The first-order valence-electron chi connectivity index (χ1n) is 3.27. The lowest BCUT2D eigenvalue weighted by atomic mass is 10.3. The molecule has 1 aliphatic heterocycles. The smallest absolute Gasteiger partial charge is 0.238 e. The topological polar surface area (TPSA) is 32.3 Å². The normalized spacial score (nSPS) is 19.9. The third-order valence-electron chi connectivity index (χ3n) is 1.41. The summed E-state index contributed by atoms with van der Waals surface area (Å²) in [6, 6.07) is 0.292. The van der Waals surface area contributed by atoms with Crippen molar-refractivity contribution in [3.63, 3.8) is 0 Å². The first-order chi connectivity index (χ1) is 4.22. The molecule has 0 aromatic heterocycles. The van der Waals surface area contributed by atoms with Crippen molar-refractivity contribution in [3.8, 4) is 0 Å². The van der Waals surface area contributed by atoms with Crippen LogP contribution in [0.3, 0.4) is 0 Å². The van der Waals surface area contributed by atoms with Crippen LogP contribution in [0.5, 0.6) is 0 Å². The van der Waals surface area contributed by atoms with Crippen LogP contribution in [0.25, 0.3) is 0 Å². The molecule has 0 spiro atoms. The maximum atomic E-state index is 10.9. The third kappa shape index (κ3) is 1.21. The third-order valence-corrected chi connectivity index (χ3v) is 1.41. The van der Waals surface area contributed by atoms with Crippen molar-refractivity contribution in [2.24, 2.45) is 0 Å². The van der Waals surface area contributed by atoms with Gasteiger partial charge in [0.05, 0.1) is 0 Å². The van der Waals surface area contributed by atoms with Crippen molar-refractivity contribution in [1.82, 2.24) is 10.4 Å². The number of carbonyl (C=O) groups excluding carboxylic acids is 1. The van der Waals surface area contributed by atoms with Crippen LogP contribution in [0.1, 0.15) is 20.3 Å². The standard InChI is InChI=1S/C6H12N2O/c1-5(2)8-6(9)3-4-7-8/h5,7H,3-4H2,1-2H3. The number of nitrogens with one attached hydrogen (secondary N) is 1. The lowest BCUT2D eigenvalue weighted by Crippen LogP contribution is -2.39. The zero-order chi connectivity index (χ0) is 6.85. The lowest BCUT2D eigenvalue weighted by molar-refractivity contribution is -0.131. The predicted octanol–water partition coefficient (Wildman–Crippen LogP) is 0.132. The van der Waals surface area contributed by atoms with Crippen LogP contribution < -0.4 is 5.43 Å². The van der Waals surface area contributed by atoms with E-state index in [0.717, 1.165) is 6.54 Å². The average molecular weight is 128 g/mol. The molecule has 1 aliphatic rings. The monoisotopic (exact) mass is 128 g/mol. The van der Waals surface area contributed by atoms with Gasteiger partial charge in [0, 0.05) is 19.0 Å². The minimum atomic E-state index is 0.213. The molecule has 0 saturated carbocycles. The highest BCUT2D eigenvalue weighted by Crippen LogP contribution is 2.02. The molecular formula is C6H12N2O.